The molecule has 3 atom stereocenters. The number of aliphatic hydroxyl groups excluding tert-OH is 1. The number of ether oxygens (including phenoxy) is 1. The number of amides is 2. The molecule has 2 amide bonds. The third-order valence-electron chi connectivity index (χ3n) is 6.55. The molecular formula is C30H30FN3O4. The Bertz CT molecular complexity index is 1370. The van der Waals surface area contributed by atoms with Crippen LogP contribution in [0.2, 0.25) is 0 Å². The van der Waals surface area contributed by atoms with E-state index < -0.39 is 23.9 Å². The van der Waals surface area contributed by atoms with Crippen LogP contribution in [0, 0.1) is 23.6 Å². The second kappa shape index (κ2) is 11.9. The zero-order valence-corrected chi connectivity index (χ0v) is 21.6. The first-order valence-electron chi connectivity index (χ1n) is 12.4. The molecule has 0 aliphatic carbocycles. The van der Waals surface area contributed by atoms with E-state index in [9.17, 15) is 19.1 Å². The van der Waals surface area contributed by atoms with E-state index in [1.165, 1.54) is 23.1 Å². The molecule has 7 nitrogen and oxygen atoms in total. The fraction of sp³-hybridized carbons (Fsp3) is 0.300. The number of carbonyl (C=O) groups is 2. The number of likely N-dealkylation sites (N-methyl/N-ethyl adjacent to an activating group) is 1. The van der Waals surface area contributed by atoms with Crippen molar-refractivity contribution < 1.29 is 23.8 Å². The molecule has 0 spiro atoms. The summed E-state index contributed by atoms with van der Waals surface area (Å²) in [4.78, 5) is 33.9. The van der Waals surface area contributed by atoms with Crippen LogP contribution in [-0.4, -0.2) is 70.6 Å². The molecule has 38 heavy (non-hydrogen) atoms. The molecule has 8 heteroatoms. The van der Waals surface area contributed by atoms with Gasteiger partial charge in [-0.1, -0.05) is 49.1 Å². The molecule has 0 radical (unpaired) electrons. The minimum atomic E-state index is -0.597. The van der Waals surface area contributed by atoms with Gasteiger partial charge in [0.05, 0.1) is 24.8 Å². The molecule has 0 unspecified atom stereocenters. The van der Waals surface area contributed by atoms with Crippen molar-refractivity contribution in [3.63, 3.8) is 0 Å². The SMILES string of the molecule is C[C@H]1CN([C@@H](C)CO)C(=O)c2cc(C#Cc3ccccc3)cnc2O[C@H]1CN(C)C(=O)c1ccccc1F. The molecular weight excluding hydrogens is 485 g/mol. The van der Waals surface area contributed by atoms with Crippen LogP contribution in [0.3, 0.4) is 0 Å². The maximum atomic E-state index is 14.2. The minimum Gasteiger partial charge on any atom is -0.472 e. The van der Waals surface area contributed by atoms with Crippen LogP contribution in [0.5, 0.6) is 5.88 Å². The Kier molecular flexibility index (Phi) is 8.39. The van der Waals surface area contributed by atoms with Crippen molar-refractivity contribution in [2.75, 3.05) is 26.7 Å². The predicted molar refractivity (Wildman–Crippen MR) is 141 cm³/mol. The third-order valence-corrected chi connectivity index (χ3v) is 6.55. The highest BCUT2D eigenvalue weighted by atomic mass is 19.1. The van der Waals surface area contributed by atoms with Crippen LogP contribution in [0.25, 0.3) is 0 Å². The van der Waals surface area contributed by atoms with Gasteiger partial charge < -0.3 is 19.6 Å². The van der Waals surface area contributed by atoms with Crippen molar-refractivity contribution in [3.8, 4) is 17.7 Å². The van der Waals surface area contributed by atoms with E-state index in [0.29, 0.717) is 5.56 Å². The number of aliphatic hydroxyl groups is 1. The quantitative estimate of drug-likeness (QED) is 0.525. The number of hydrogen-bond donors (Lipinski definition) is 1. The van der Waals surface area contributed by atoms with Gasteiger partial charge in [0, 0.05) is 36.8 Å². The topological polar surface area (TPSA) is 83.0 Å². The molecule has 4 rings (SSSR count). The lowest BCUT2D eigenvalue weighted by Crippen LogP contribution is -2.50. The molecule has 2 aromatic carbocycles. The van der Waals surface area contributed by atoms with Gasteiger partial charge in [0.25, 0.3) is 11.8 Å². The molecule has 1 aromatic heterocycles. The van der Waals surface area contributed by atoms with Gasteiger partial charge in [0.15, 0.2) is 0 Å². The molecule has 0 saturated carbocycles. The Hall–Kier alpha value is -4.22. The van der Waals surface area contributed by atoms with E-state index in [0.717, 1.165) is 5.56 Å². The zero-order chi connectivity index (χ0) is 27.2. The summed E-state index contributed by atoms with van der Waals surface area (Å²) in [5, 5.41) is 9.85. The summed E-state index contributed by atoms with van der Waals surface area (Å²) in [6, 6.07) is 16.5. The van der Waals surface area contributed by atoms with E-state index in [2.05, 4.69) is 16.8 Å². The Labute approximate surface area is 221 Å². The number of pyridine rings is 1. The number of rotatable bonds is 5. The van der Waals surface area contributed by atoms with Gasteiger partial charge in [0.2, 0.25) is 5.88 Å². The lowest BCUT2D eigenvalue weighted by atomic mass is 9.99. The summed E-state index contributed by atoms with van der Waals surface area (Å²) in [6.45, 7) is 3.88. The normalized spacial score (nSPS) is 17.7. The first kappa shape index (κ1) is 26.8. The van der Waals surface area contributed by atoms with Gasteiger partial charge in [-0.2, -0.15) is 0 Å². The van der Waals surface area contributed by atoms with Gasteiger partial charge >= 0.3 is 0 Å². The zero-order valence-electron chi connectivity index (χ0n) is 21.6. The number of aromatic nitrogens is 1. The van der Waals surface area contributed by atoms with Crippen molar-refractivity contribution in [2.24, 2.45) is 5.92 Å². The van der Waals surface area contributed by atoms with Gasteiger partial charge in [-0.3, -0.25) is 9.59 Å². The van der Waals surface area contributed by atoms with Crippen molar-refractivity contribution in [3.05, 3.63) is 94.9 Å². The lowest BCUT2D eigenvalue weighted by molar-refractivity contribution is 0.0312. The monoisotopic (exact) mass is 515 g/mol. The van der Waals surface area contributed by atoms with Crippen molar-refractivity contribution in [1.29, 1.82) is 0 Å². The molecule has 0 saturated heterocycles. The Morgan fingerprint density at radius 2 is 1.87 bits per heavy atom. The molecule has 196 valence electrons. The van der Waals surface area contributed by atoms with Crippen LogP contribution in [0.4, 0.5) is 4.39 Å². The first-order valence-corrected chi connectivity index (χ1v) is 12.4. The van der Waals surface area contributed by atoms with E-state index in [-0.39, 0.29) is 48.5 Å². The van der Waals surface area contributed by atoms with Gasteiger partial charge in [-0.25, -0.2) is 9.37 Å². The average Bonchev–Trinajstić information content (AvgIpc) is 2.93. The number of nitrogens with zero attached hydrogens (tertiary/aromatic N) is 3. The Balaban J connectivity index is 1.66. The predicted octanol–water partition coefficient (Wildman–Crippen LogP) is 3.61. The second-order valence-corrected chi connectivity index (χ2v) is 9.48. The maximum Gasteiger partial charge on any atom is 0.259 e. The molecule has 0 bridgehead atoms. The maximum absolute atomic E-state index is 14.2. The molecule has 2 heterocycles. The third kappa shape index (κ3) is 6.01. The van der Waals surface area contributed by atoms with E-state index in [4.69, 9.17) is 4.74 Å². The van der Waals surface area contributed by atoms with E-state index >= 15 is 0 Å². The van der Waals surface area contributed by atoms with E-state index in [1.807, 2.05) is 37.3 Å². The Morgan fingerprint density at radius 3 is 2.58 bits per heavy atom. The van der Waals surface area contributed by atoms with Gasteiger partial charge in [-0.05, 0) is 37.3 Å². The van der Waals surface area contributed by atoms with Crippen LogP contribution < -0.4 is 4.74 Å². The number of fused-ring (bicyclic) bond motifs is 1. The number of carbonyl (C=O) groups excluding carboxylic acids is 2. The standard InChI is InChI=1S/C30H30FN3O4/c1-20-17-34(21(2)19-35)30(37)25-15-23(14-13-22-9-5-4-6-10-22)16-32-28(25)38-27(20)18-33(3)29(36)24-11-7-8-12-26(24)31/h4-12,15-16,20-21,27,35H,17-19H2,1-3H3/t20-,21-,27-/m0/s1. The fourth-order valence-electron chi connectivity index (χ4n) is 4.25. The highest BCUT2D eigenvalue weighted by molar-refractivity contribution is 5.97. The minimum absolute atomic E-state index is 0.0284. The molecule has 3 aromatic rings. The fourth-order valence-corrected chi connectivity index (χ4v) is 4.25. The highest BCUT2D eigenvalue weighted by Crippen LogP contribution is 2.27. The summed E-state index contributed by atoms with van der Waals surface area (Å²) >= 11 is 0. The lowest BCUT2D eigenvalue weighted by Gasteiger charge is -2.37. The smallest absolute Gasteiger partial charge is 0.259 e. The number of halogens is 1. The highest BCUT2D eigenvalue weighted by Gasteiger charge is 2.35. The average molecular weight is 516 g/mol. The molecule has 0 fully saturated rings. The van der Waals surface area contributed by atoms with Crippen LogP contribution in [0.15, 0.2) is 66.9 Å². The van der Waals surface area contributed by atoms with Crippen molar-refractivity contribution >= 4 is 11.8 Å². The van der Waals surface area contributed by atoms with Crippen LogP contribution in [-0.2, 0) is 0 Å². The van der Waals surface area contributed by atoms with Crippen molar-refractivity contribution in [2.45, 2.75) is 26.0 Å². The summed E-state index contributed by atoms with van der Waals surface area (Å²) < 4.78 is 20.5. The molecule has 1 aliphatic heterocycles. The molecule has 1 N–H and O–H groups in total. The summed E-state index contributed by atoms with van der Waals surface area (Å²) in [6.07, 6.45) is 0.990. The van der Waals surface area contributed by atoms with Crippen LogP contribution >= 0.6 is 0 Å². The Morgan fingerprint density at radius 1 is 1.18 bits per heavy atom. The number of hydrogen-bond acceptors (Lipinski definition) is 5. The summed E-state index contributed by atoms with van der Waals surface area (Å²) in [5.41, 5.74) is 1.57. The van der Waals surface area contributed by atoms with Gasteiger partial charge in [0.1, 0.15) is 17.5 Å². The number of benzene rings is 2. The largest absolute Gasteiger partial charge is 0.472 e. The van der Waals surface area contributed by atoms with E-state index in [1.54, 1.807) is 37.2 Å². The second-order valence-electron chi connectivity index (χ2n) is 9.48. The van der Waals surface area contributed by atoms with Gasteiger partial charge in [-0.15, -0.1) is 0 Å². The van der Waals surface area contributed by atoms with Crippen LogP contribution in [0.1, 0.15) is 45.7 Å². The summed E-state index contributed by atoms with van der Waals surface area (Å²) in [7, 11) is 1.58. The summed E-state index contributed by atoms with van der Waals surface area (Å²) in [5.74, 6) is 4.61. The molecule has 1 aliphatic rings. The van der Waals surface area contributed by atoms with Crippen molar-refractivity contribution in [1.82, 2.24) is 14.8 Å². The first-order chi connectivity index (χ1) is 18.3.